The van der Waals surface area contributed by atoms with Crippen LogP contribution in [0, 0.1) is 10.7 Å². The topological polar surface area (TPSA) is 63.9 Å². The van der Waals surface area contributed by atoms with Crippen molar-refractivity contribution in [2.75, 3.05) is 5.73 Å². The van der Waals surface area contributed by atoms with Gasteiger partial charge in [-0.1, -0.05) is 13.8 Å². The molecule has 6 heteroatoms. The lowest BCUT2D eigenvalue weighted by Crippen LogP contribution is -2.26. The van der Waals surface area contributed by atoms with E-state index in [9.17, 15) is 0 Å². The fourth-order valence-electron chi connectivity index (χ4n) is 2.36. The molecule has 0 unspecified atom stereocenters. The SMILES string of the molecule is CC(C)[C@H]1Cc2c(sc3nc(=S)[nH]c(N)c23)CO1. The largest absolute Gasteiger partial charge is 0.385 e. The van der Waals surface area contributed by atoms with Gasteiger partial charge >= 0.3 is 0 Å². The highest BCUT2D eigenvalue weighted by Crippen LogP contribution is 2.38. The van der Waals surface area contributed by atoms with Crippen molar-refractivity contribution in [2.45, 2.75) is 33.0 Å². The van der Waals surface area contributed by atoms with Gasteiger partial charge < -0.3 is 15.5 Å². The van der Waals surface area contributed by atoms with E-state index in [1.165, 1.54) is 10.4 Å². The molecule has 4 nitrogen and oxygen atoms in total. The van der Waals surface area contributed by atoms with Crippen LogP contribution in [-0.2, 0) is 17.8 Å². The number of nitrogen functional groups attached to an aromatic ring is 1. The van der Waals surface area contributed by atoms with Crippen LogP contribution >= 0.6 is 23.6 Å². The van der Waals surface area contributed by atoms with Crippen molar-refractivity contribution in [3.8, 4) is 0 Å². The van der Waals surface area contributed by atoms with E-state index in [2.05, 4.69) is 23.8 Å². The number of ether oxygens (including phenoxy) is 1. The van der Waals surface area contributed by atoms with Crippen LogP contribution in [-0.4, -0.2) is 16.1 Å². The zero-order valence-corrected chi connectivity index (χ0v) is 12.0. The molecule has 0 fully saturated rings. The van der Waals surface area contributed by atoms with Gasteiger partial charge in [-0.05, 0) is 23.7 Å². The molecule has 3 N–H and O–H groups in total. The van der Waals surface area contributed by atoms with Crippen LogP contribution in [0.15, 0.2) is 0 Å². The first-order valence-corrected chi connectivity index (χ1v) is 7.20. The molecule has 1 aliphatic heterocycles. The van der Waals surface area contributed by atoms with E-state index < -0.39 is 0 Å². The van der Waals surface area contributed by atoms with Crippen LogP contribution in [0.2, 0.25) is 0 Å². The predicted molar refractivity (Wildman–Crippen MR) is 76.3 cm³/mol. The normalized spacial score (nSPS) is 19.4. The fourth-order valence-corrected chi connectivity index (χ4v) is 3.76. The minimum absolute atomic E-state index is 0.262. The van der Waals surface area contributed by atoms with Gasteiger partial charge in [0.1, 0.15) is 10.6 Å². The van der Waals surface area contributed by atoms with Gasteiger partial charge in [-0.3, -0.25) is 0 Å². The molecule has 2 aromatic heterocycles. The first-order chi connectivity index (χ1) is 8.56. The van der Waals surface area contributed by atoms with Crippen LogP contribution in [0.1, 0.15) is 24.3 Å². The number of aromatic nitrogens is 2. The van der Waals surface area contributed by atoms with Gasteiger partial charge in [-0.25, -0.2) is 4.98 Å². The number of anilines is 1. The predicted octanol–water partition coefficient (Wildman–Crippen LogP) is 3.03. The number of nitrogens with one attached hydrogen (secondary N) is 1. The Bertz CT molecular complexity index is 659. The third-order valence-electron chi connectivity index (χ3n) is 3.36. The van der Waals surface area contributed by atoms with E-state index >= 15 is 0 Å². The smallest absolute Gasteiger partial charge is 0.199 e. The molecule has 18 heavy (non-hydrogen) atoms. The lowest BCUT2D eigenvalue weighted by molar-refractivity contribution is 0.00203. The molecule has 0 spiro atoms. The number of nitrogens with two attached hydrogens (primary N) is 1. The molecule has 0 bridgehead atoms. The summed E-state index contributed by atoms with van der Waals surface area (Å²) in [5.74, 6) is 1.14. The molecule has 3 heterocycles. The third kappa shape index (κ3) is 1.84. The van der Waals surface area contributed by atoms with E-state index in [4.69, 9.17) is 22.7 Å². The second-order valence-corrected chi connectivity index (χ2v) is 6.41. The highest BCUT2D eigenvalue weighted by atomic mass is 32.1. The maximum Gasteiger partial charge on any atom is 0.199 e. The Morgan fingerprint density at radius 1 is 1.56 bits per heavy atom. The molecular weight excluding hydrogens is 266 g/mol. The van der Waals surface area contributed by atoms with Gasteiger partial charge in [0.2, 0.25) is 0 Å². The van der Waals surface area contributed by atoms with E-state index in [0.717, 1.165) is 16.6 Å². The Balaban J connectivity index is 2.18. The van der Waals surface area contributed by atoms with Crippen molar-refractivity contribution in [2.24, 2.45) is 5.92 Å². The van der Waals surface area contributed by atoms with Crippen LogP contribution < -0.4 is 5.73 Å². The Labute approximate surface area is 114 Å². The molecule has 0 aromatic carbocycles. The summed E-state index contributed by atoms with van der Waals surface area (Å²) in [6, 6.07) is 0. The first kappa shape index (κ1) is 12.1. The average Bonchev–Trinajstić information content (AvgIpc) is 2.65. The summed E-state index contributed by atoms with van der Waals surface area (Å²) in [6.45, 7) is 5.02. The summed E-state index contributed by atoms with van der Waals surface area (Å²) >= 11 is 6.70. The summed E-state index contributed by atoms with van der Waals surface area (Å²) in [5.41, 5.74) is 7.34. The van der Waals surface area contributed by atoms with Gasteiger partial charge in [0.25, 0.3) is 0 Å². The molecule has 3 rings (SSSR count). The molecular formula is C12H15N3OS2. The highest BCUT2D eigenvalue weighted by Gasteiger charge is 2.26. The van der Waals surface area contributed by atoms with E-state index in [0.29, 0.717) is 23.1 Å². The molecule has 0 saturated carbocycles. The summed E-state index contributed by atoms with van der Waals surface area (Å²) in [4.78, 5) is 9.45. The summed E-state index contributed by atoms with van der Waals surface area (Å²) in [7, 11) is 0. The minimum atomic E-state index is 0.262. The van der Waals surface area contributed by atoms with Crippen molar-refractivity contribution >= 4 is 39.6 Å². The molecule has 0 radical (unpaired) electrons. The van der Waals surface area contributed by atoms with Crippen LogP contribution in [0.5, 0.6) is 0 Å². The maximum absolute atomic E-state index is 6.05. The number of fused-ring (bicyclic) bond motifs is 3. The van der Waals surface area contributed by atoms with Crippen molar-refractivity contribution in [1.82, 2.24) is 9.97 Å². The summed E-state index contributed by atoms with van der Waals surface area (Å²) in [5, 5.41) is 1.04. The standard InChI is InChI=1S/C12H15N3OS2/c1-5(2)7-3-6-8(4-16-7)18-11-9(6)10(13)14-12(17)15-11/h5,7H,3-4H2,1-2H3,(H3,13,14,15,17)/t7-/m1/s1. The zero-order valence-electron chi connectivity index (χ0n) is 10.3. The molecule has 1 aliphatic rings. The number of aromatic amines is 1. The Hall–Kier alpha value is -0.980. The molecule has 0 amide bonds. The molecule has 0 saturated heterocycles. The quantitative estimate of drug-likeness (QED) is 0.789. The van der Waals surface area contributed by atoms with Crippen molar-refractivity contribution < 1.29 is 4.74 Å². The fraction of sp³-hybridized carbons (Fsp3) is 0.500. The van der Waals surface area contributed by atoms with Crippen LogP contribution in [0.4, 0.5) is 5.82 Å². The minimum Gasteiger partial charge on any atom is -0.385 e. The van der Waals surface area contributed by atoms with Crippen LogP contribution in [0.25, 0.3) is 10.2 Å². The van der Waals surface area contributed by atoms with Gasteiger partial charge in [-0.15, -0.1) is 11.3 Å². The number of nitrogens with zero attached hydrogens (tertiary/aromatic N) is 1. The van der Waals surface area contributed by atoms with Gasteiger partial charge in [0.15, 0.2) is 4.77 Å². The Morgan fingerprint density at radius 2 is 2.33 bits per heavy atom. The van der Waals surface area contributed by atoms with Crippen molar-refractivity contribution in [3.63, 3.8) is 0 Å². The molecule has 0 aliphatic carbocycles. The number of hydrogen-bond donors (Lipinski definition) is 2. The summed E-state index contributed by atoms with van der Waals surface area (Å²) < 4.78 is 6.32. The third-order valence-corrected chi connectivity index (χ3v) is 4.66. The Kier molecular flexibility index (Phi) is 2.88. The lowest BCUT2D eigenvalue weighted by Gasteiger charge is -2.26. The lowest BCUT2D eigenvalue weighted by atomic mass is 9.96. The van der Waals surface area contributed by atoms with E-state index in [1.54, 1.807) is 11.3 Å². The first-order valence-electron chi connectivity index (χ1n) is 5.98. The zero-order chi connectivity index (χ0) is 12.9. The van der Waals surface area contributed by atoms with E-state index in [1.807, 2.05) is 0 Å². The summed E-state index contributed by atoms with van der Waals surface area (Å²) in [6.07, 6.45) is 1.17. The highest BCUT2D eigenvalue weighted by molar-refractivity contribution is 7.71. The van der Waals surface area contributed by atoms with Gasteiger partial charge in [-0.2, -0.15) is 0 Å². The average molecular weight is 281 g/mol. The molecule has 96 valence electrons. The Morgan fingerprint density at radius 3 is 3.06 bits per heavy atom. The second-order valence-electron chi connectivity index (χ2n) is 4.94. The van der Waals surface area contributed by atoms with Gasteiger partial charge in [0, 0.05) is 11.3 Å². The van der Waals surface area contributed by atoms with Crippen molar-refractivity contribution in [3.05, 3.63) is 15.2 Å². The number of thiophene rings is 1. The van der Waals surface area contributed by atoms with E-state index in [-0.39, 0.29) is 6.10 Å². The number of rotatable bonds is 1. The monoisotopic (exact) mass is 281 g/mol. The maximum atomic E-state index is 6.05. The van der Waals surface area contributed by atoms with Crippen molar-refractivity contribution in [1.29, 1.82) is 0 Å². The van der Waals surface area contributed by atoms with Gasteiger partial charge in [0.05, 0.1) is 18.1 Å². The number of H-pyrrole nitrogens is 1. The second kappa shape index (κ2) is 4.29. The van der Waals surface area contributed by atoms with Crippen LogP contribution in [0.3, 0.4) is 0 Å². The molecule has 2 aromatic rings. The number of hydrogen-bond acceptors (Lipinski definition) is 5. The molecule has 1 atom stereocenters.